The van der Waals surface area contributed by atoms with Gasteiger partial charge < -0.3 is 0 Å². The molecule has 7 rings (SSSR count). The van der Waals surface area contributed by atoms with Gasteiger partial charge in [0, 0.05) is 27.6 Å². The van der Waals surface area contributed by atoms with E-state index in [2.05, 4.69) is 111 Å². The standard InChI is InChI=1S/C32H22N2/c1-19-9-13-21(14-10-19)24-17-18-25(22-15-11-20(2)12-16-22)30-29(24)33-31-26-7-3-5-23-6-4-8-27(28(23)26)32(31)34-30/h3-18H,1-2H3. The number of nitrogens with zero attached hydrogens (tertiary/aromatic N) is 2. The summed E-state index contributed by atoms with van der Waals surface area (Å²) in [4.78, 5) is 10.7. The molecule has 5 aromatic carbocycles. The summed E-state index contributed by atoms with van der Waals surface area (Å²) in [5.74, 6) is 0. The van der Waals surface area contributed by atoms with Crippen molar-refractivity contribution in [3.05, 3.63) is 108 Å². The van der Waals surface area contributed by atoms with Crippen LogP contribution < -0.4 is 0 Å². The average molecular weight is 435 g/mol. The Bertz CT molecular complexity index is 1620. The molecule has 0 bridgehead atoms. The first-order valence-electron chi connectivity index (χ1n) is 11.7. The predicted octanol–water partition coefficient (Wildman–Crippen LogP) is 8.38. The maximum absolute atomic E-state index is 5.34. The van der Waals surface area contributed by atoms with Crippen molar-refractivity contribution in [3.8, 4) is 44.8 Å². The molecule has 34 heavy (non-hydrogen) atoms. The maximum Gasteiger partial charge on any atom is 0.0980 e. The molecule has 0 atom stereocenters. The number of fused-ring (bicyclic) bond motifs is 4. The van der Waals surface area contributed by atoms with Gasteiger partial charge in [-0.15, -0.1) is 0 Å². The Labute approximate surface area is 198 Å². The zero-order valence-corrected chi connectivity index (χ0v) is 19.1. The lowest BCUT2D eigenvalue weighted by Gasteiger charge is -2.13. The van der Waals surface area contributed by atoms with E-state index in [4.69, 9.17) is 9.97 Å². The number of hydrogen-bond donors (Lipinski definition) is 0. The van der Waals surface area contributed by atoms with Gasteiger partial charge in [-0.05, 0) is 30.4 Å². The van der Waals surface area contributed by atoms with Gasteiger partial charge in [-0.2, -0.15) is 0 Å². The highest BCUT2D eigenvalue weighted by Crippen LogP contribution is 2.47. The van der Waals surface area contributed by atoms with Gasteiger partial charge in [0.25, 0.3) is 0 Å². The summed E-state index contributed by atoms with van der Waals surface area (Å²) < 4.78 is 0. The van der Waals surface area contributed by atoms with Crippen LogP contribution in [0.1, 0.15) is 11.1 Å². The van der Waals surface area contributed by atoms with Crippen molar-refractivity contribution in [3.63, 3.8) is 0 Å². The molecule has 1 heterocycles. The van der Waals surface area contributed by atoms with Crippen molar-refractivity contribution in [2.45, 2.75) is 13.8 Å². The molecule has 0 radical (unpaired) electrons. The van der Waals surface area contributed by atoms with E-state index in [0.29, 0.717) is 0 Å². The molecular weight excluding hydrogens is 412 g/mol. The molecule has 0 amide bonds. The van der Waals surface area contributed by atoms with Crippen molar-refractivity contribution >= 4 is 21.8 Å². The summed E-state index contributed by atoms with van der Waals surface area (Å²) in [5.41, 5.74) is 13.3. The molecule has 0 unspecified atom stereocenters. The quantitative estimate of drug-likeness (QED) is 0.273. The lowest BCUT2D eigenvalue weighted by atomic mass is 9.96. The van der Waals surface area contributed by atoms with E-state index in [-0.39, 0.29) is 0 Å². The van der Waals surface area contributed by atoms with E-state index in [1.165, 1.54) is 33.0 Å². The molecule has 0 spiro atoms. The van der Waals surface area contributed by atoms with Gasteiger partial charge in [0.1, 0.15) is 0 Å². The van der Waals surface area contributed by atoms with E-state index < -0.39 is 0 Å². The summed E-state index contributed by atoms with van der Waals surface area (Å²) in [5, 5.41) is 2.49. The molecule has 1 aromatic heterocycles. The Balaban J connectivity index is 1.59. The third kappa shape index (κ3) is 2.75. The van der Waals surface area contributed by atoms with Crippen LogP contribution >= 0.6 is 0 Å². The third-order valence-electron chi connectivity index (χ3n) is 6.96. The van der Waals surface area contributed by atoms with E-state index in [0.717, 1.165) is 44.7 Å². The fraction of sp³-hybridized carbons (Fsp3) is 0.0625. The number of benzene rings is 5. The average Bonchev–Trinajstić information content (AvgIpc) is 3.18. The van der Waals surface area contributed by atoms with Crippen LogP contribution in [0, 0.1) is 13.8 Å². The van der Waals surface area contributed by atoms with Gasteiger partial charge in [0.15, 0.2) is 0 Å². The lowest BCUT2D eigenvalue weighted by molar-refractivity contribution is 1.32. The molecular formula is C32H22N2. The summed E-state index contributed by atoms with van der Waals surface area (Å²) >= 11 is 0. The molecule has 1 aliphatic rings. The van der Waals surface area contributed by atoms with Gasteiger partial charge in [-0.25, -0.2) is 9.97 Å². The van der Waals surface area contributed by atoms with Crippen LogP contribution in [-0.2, 0) is 0 Å². The van der Waals surface area contributed by atoms with Gasteiger partial charge in [0.05, 0.1) is 22.4 Å². The van der Waals surface area contributed by atoms with Crippen LogP contribution in [0.15, 0.2) is 97.1 Å². The third-order valence-corrected chi connectivity index (χ3v) is 6.96. The first kappa shape index (κ1) is 19.2. The molecule has 2 nitrogen and oxygen atoms in total. The van der Waals surface area contributed by atoms with Gasteiger partial charge >= 0.3 is 0 Å². The second-order valence-electron chi connectivity index (χ2n) is 9.22. The smallest absolute Gasteiger partial charge is 0.0980 e. The van der Waals surface area contributed by atoms with Gasteiger partial charge in [-0.3, -0.25) is 0 Å². The highest BCUT2D eigenvalue weighted by molar-refractivity contribution is 6.15. The lowest BCUT2D eigenvalue weighted by Crippen LogP contribution is -1.96. The van der Waals surface area contributed by atoms with Crippen molar-refractivity contribution < 1.29 is 0 Å². The summed E-state index contributed by atoms with van der Waals surface area (Å²) in [6.45, 7) is 4.24. The second kappa shape index (κ2) is 7.10. The van der Waals surface area contributed by atoms with Crippen molar-refractivity contribution in [1.29, 1.82) is 0 Å². The molecule has 0 saturated heterocycles. The monoisotopic (exact) mass is 434 g/mol. The fourth-order valence-electron chi connectivity index (χ4n) is 5.18. The SMILES string of the molecule is Cc1ccc(-c2ccc(-c3ccc(C)cc3)c3nc4c(nc23)-c2cccc3cccc-4c23)cc1. The van der Waals surface area contributed by atoms with E-state index in [9.17, 15) is 0 Å². The Morgan fingerprint density at radius 1 is 0.441 bits per heavy atom. The molecule has 0 aliphatic heterocycles. The molecule has 160 valence electrons. The normalized spacial score (nSPS) is 11.8. The molecule has 2 heteroatoms. The number of hydrogen-bond acceptors (Lipinski definition) is 2. The van der Waals surface area contributed by atoms with Gasteiger partial charge in [-0.1, -0.05) is 108 Å². The largest absolute Gasteiger partial charge is 0.243 e. The van der Waals surface area contributed by atoms with Gasteiger partial charge in [0.2, 0.25) is 0 Å². The summed E-state index contributed by atoms with van der Waals surface area (Å²) in [7, 11) is 0. The minimum absolute atomic E-state index is 0.950. The molecule has 0 saturated carbocycles. The molecule has 6 aromatic rings. The Morgan fingerprint density at radius 2 is 0.882 bits per heavy atom. The molecule has 0 fully saturated rings. The van der Waals surface area contributed by atoms with Crippen LogP contribution in [-0.4, -0.2) is 9.97 Å². The van der Waals surface area contributed by atoms with Crippen molar-refractivity contribution in [1.82, 2.24) is 9.97 Å². The van der Waals surface area contributed by atoms with Crippen molar-refractivity contribution in [2.75, 3.05) is 0 Å². The predicted molar refractivity (Wildman–Crippen MR) is 142 cm³/mol. The zero-order valence-electron chi connectivity index (χ0n) is 19.1. The first-order chi connectivity index (χ1) is 16.7. The number of aryl methyl sites for hydroxylation is 2. The van der Waals surface area contributed by atoms with Crippen LogP contribution in [0.2, 0.25) is 0 Å². The van der Waals surface area contributed by atoms with Crippen LogP contribution in [0.25, 0.3) is 66.6 Å². The number of aromatic nitrogens is 2. The highest BCUT2D eigenvalue weighted by Gasteiger charge is 2.26. The Hall–Kier alpha value is -4.30. The summed E-state index contributed by atoms with van der Waals surface area (Å²) in [6, 6.07) is 34.7. The van der Waals surface area contributed by atoms with Crippen molar-refractivity contribution in [2.24, 2.45) is 0 Å². The Morgan fingerprint density at radius 3 is 1.32 bits per heavy atom. The van der Waals surface area contributed by atoms with Crippen LogP contribution in [0.4, 0.5) is 0 Å². The zero-order chi connectivity index (χ0) is 22.8. The van der Waals surface area contributed by atoms with Crippen LogP contribution in [0.3, 0.4) is 0 Å². The van der Waals surface area contributed by atoms with E-state index >= 15 is 0 Å². The minimum Gasteiger partial charge on any atom is -0.243 e. The fourth-order valence-corrected chi connectivity index (χ4v) is 5.18. The Kier molecular flexibility index (Phi) is 4.01. The van der Waals surface area contributed by atoms with Crippen LogP contribution in [0.5, 0.6) is 0 Å². The topological polar surface area (TPSA) is 25.8 Å². The number of rotatable bonds is 2. The second-order valence-corrected chi connectivity index (χ2v) is 9.22. The maximum atomic E-state index is 5.34. The molecule has 1 aliphatic carbocycles. The minimum atomic E-state index is 0.950. The molecule has 0 N–H and O–H groups in total. The summed E-state index contributed by atoms with van der Waals surface area (Å²) in [6.07, 6.45) is 0. The van der Waals surface area contributed by atoms with E-state index in [1.54, 1.807) is 0 Å². The highest BCUT2D eigenvalue weighted by atomic mass is 14.8. The van der Waals surface area contributed by atoms with E-state index in [1.807, 2.05) is 0 Å². The first-order valence-corrected chi connectivity index (χ1v) is 11.7.